The number of hydrogen-bond acceptors (Lipinski definition) is 3. The van der Waals surface area contributed by atoms with Crippen molar-refractivity contribution in [3.05, 3.63) is 71.8 Å². The SMILES string of the molecule is CCC(N)c1ccc2c(c1)N(Cc1cccc3ccccc13)C(=O)C(C)O2. The van der Waals surface area contributed by atoms with Gasteiger partial charge in [-0.1, -0.05) is 55.5 Å². The van der Waals surface area contributed by atoms with Gasteiger partial charge in [-0.15, -0.1) is 0 Å². The fraction of sp³-hybridized carbons (Fsp3) is 0.261. The van der Waals surface area contributed by atoms with Gasteiger partial charge in [0.05, 0.1) is 12.2 Å². The van der Waals surface area contributed by atoms with Crippen molar-refractivity contribution in [1.29, 1.82) is 0 Å². The number of anilines is 1. The van der Waals surface area contributed by atoms with Crippen LogP contribution < -0.4 is 15.4 Å². The van der Waals surface area contributed by atoms with Crippen LogP contribution in [0, 0.1) is 0 Å². The maximum atomic E-state index is 12.9. The number of nitrogens with zero attached hydrogens (tertiary/aromatic N) is 1. The number of fused-ring (bicyclic) bond motifs is 2. The molecule has 0 spiro atoms. The van der Waals surface area contributed by atoms with Crippen LogP contribution in [-0.2, 0) is 11.3 Å². The Morgan fingerprint density at radius 2 is 1.89 bits per heavy atom. The molecule has 1 amide bonds. The van der Waals surface area contributed by atoms with E-state index < -0.39 is 6.10 Å². The van der Waals surface area contributed by atoms with Crippen LogP contribution in [0.15, 0.2) is 60.7 Å². The summed E-state index contributed by atoms with van der Waals surface area (Å²) in [6.45, 7) is 4.36. The summed E-state index contributed by atoms with van der Waals surface area (Å²) in [6.07, 6.45) is 0.339. The zero-order valence-electron chi connectivity index (χ0n) is 15.7. The summed E-state index contributed by atoms with van der Waals surface area (Å²) in [5, 5.41) is 2.33. The average molecular weight is 360 g/mol. The third-order valence-corrected chi connectivity index (χ3v) is 5.27. The van der Waals surface area contributed by atoms with Crippen LogP contribution in [0.4, 0.5) is 5.69 Å². The van der Waals surface area contributed by atoms with E-state index in [4.69, 9.17) is 10.5 Å². The smallest absolute Gasteiger partial charge is 0.268 e. The normalized spacial score (nSPS) is 17.5. The summed E-state index contributed by atoms with van der Waals surface area (Å²) in [6, 6.07) is 20.3. The van der Waals surface area contributed by atoms with Crippen LogP contribution in [0.5, 0.6) is 5.75 Å². The zero-order valence-corrected chi connectivity index (χ0v) is 15.7. The van der Waals surface area contributed by atoms with Crippen molar-refractivity contribution < 1.29 is 9.53 Å². The van der Waals surface area contributed by atoms with Gasteiger partial charge < -0.3 is 15.4 Å². The van der Waals surface area contributed by atoms with Crippen molar-refractivity contribution in [1.82, 2.24) is 0 Å². The molecule has 27 heavy (non-hydrogen) atoms. The van der Waals surface area contributed by atoms with Gasteiger partial charge in [-0.05, 0) is 47.4 Å². The van der Waals surface area contributed by atoms with E-state index in [2.05, 4.69) is 31.2 Å². The predicted octanol–water partition coefficient (Wildman–Crippen LogP) is 4.56. The number of amides is 1. The largest absolute Gasteiger partial charge is 0.479 e. The molecule has 3 aromatic rings. The van der Waals surface area contributed by atoms with E-state index in [1.54, 1.807) is 6.92 Å². The molecular weight excluding hydrogens is 336 g/mol. The molecule has 0 radical (unpaired) electrons. The lowest BCUT2D eigenvalue weighted by molar-refractivity contribution is -0.125. The first-order valence-electron chi connectivity index (χ1n) is 9.42. The molecule has 2 atom stereocenters. The summed E-state index contributed by atoms with van der Waals surface area (Å²) in [4.78, 5) is 14.8. The summed E-state index contributed by atoms with van der Waals surface area (Å²) in [5.74, 6) is 0.701. The second-order valence-corrected chi connectivity index (χ2v) is 7.06. The van der Waals surface area contributed by atoms with Gasteiger partial charge in [-0.3, -0.25) is 4.79 Å². The van der Waals surface area contributed by atoms with E-state index in [-0.39, 0.29) is 11.9 Å². The highest BCUT2D eigenvalue weighted by molar-refractivity contribution is 6.00. The Bertz CT molecular complexity index is 993. The Morgan fingerprint density at radius 3 is 2.70 bits per heavy atom. The highest BCUT2D eigenvalue weighted by Crippen LogP contribution is 2.37. The minimum atomic E-state index is -0.502. The Balaban J connectivity index is 1.79. The number of carbonyl (C=O) groups excluding carboxylic acids is 1. The number of benzene rings is 3. The van der Waals surface area contributed by atoms with Crippen molar-refractivity contribution in [2.45, 2.75) is 39.0 Å². The minimum Gasteiger partial charge on any atom is -0.479 e. The molecule has 1 aliphatic rings. The third kappa shape index (κ3) is 3.17. The maximum Gasteiger partial charge on any atom is 0.268 e. The summed E-state index contributed by atoms with van der Waals surface area (Å²) < 4.78 is 5.84. The van der Waals surface area contributed by atoms with Crippen LogP contribution in [0.2, 0.25) is 0 Å². The molecule has 1 heterocycles. The molecule has 0 aromatic heterocycles. The van der Waals surface area contributed by atoms with E-state index in [9.17, 15) is 4.79 Å². The van der Waals surface area contributed by atoms with Gasteiger partial charge in [0, 0.05) is 6.04 Å². The van der Waals surface area contributed by atoms with E-state index >= 15 is 0 Å². The van der Waals surface area contributed by atoms with E-state index in [1.807, 2.05) is 41.3 Å². The van der Waals surface area contributed by atoms with Gasteiger partial charge in [-0.2, -0.15) is 0 Å². The number of ether oxygens (including phenoxy) is 1. The fourth-order valence-electron chi connectivity index (χ4n) is 3.65. The van der Waals surface area contributed by atoms with Crippen LogP contribution in [-0.4, -0.2) is 12.0 Å². The lowest BCUT2D eigenvalue weighted by atomic mass is 10.0. The zero-order chi connectivity index (χ0) is 19.0. The average Bonchev–Trinajstić information content (AvgIpc) is 2.70. The van der Waals surface area contributed by atoms with Crippen molar-refractivity contribution in [2.24, 2.45) is 5.73 Å². The second kappa shape index (κ2) is 7.05. The highest BCUT2D eigenvalue weighted by atomic mass is 16.5. The Morgan fingerprint density at radius 1 is 1.11 bits per heavy atom. The molecule has 0 aliphatic carbocycles. The lowest BCUT2D eigenvalue weighted by Crippen LogP contribution is -2.44. The molecule has 2 unspecified atom stereocenters. The van der Waals surface area contributed by atoms with Gasteiger partial charge >= 0.3 is 0 Å². The molecule has 0 saturated carbocycles. The van der Waals surface area contributed by atoms with Gasteiger partial charge in [0.15, 0.2) is 6.10 Å². The molecule has 4 nitrogen and oxygen atoms in total. The molecule has 2 N–H and O–H groups in total. The van der Waals surface area contributed by atoms with Crippen LogP contribution in [0.3, 0.4) is 0 Å². The van der Waals surface area contributed by atoms with Gasteiger partial charge in [0.25, 0.3) is 5.91 Å². The molecule has 138 valence electrons. The first kappa shape index (κ1) is 17.6. The Kier molecular flexibility index (Phi) is 4.58. The van der Waals surface area contributed by atoms with E-state index in [1.165, 1.54) is 5.39 Å². The van der Waals surface area contributed by atoms with Crippen LogP contribution in [0.25, 0.3) is 10.8 Å². The molecule has 4 rings (SSSR count). The molecule has 3 aromatic carbocycles. The predicted molar refractivity (Wildman–Crippen MR) is 109 cm³/mol. The van der Waals surface area contributed by atoms with E-state index in [0.717, 1.165) is 34.4 Å². The summed E-state index contributed by atoms with van der Waals surface area (Å²) in [7, 11) is 0. The monoisotopic (exact) mass is 360 g/mol. The lowest BCUT2D eigenvalue weighted by Gasteiger charge is -2.34. The quantitative estimate of drug-likeness (QED) is 0.742. The molecular formula is C23H24N2O2. The Labute approximate surface area is 159 Å². The van der Waals surface area contributed by atoms with Gasteiger partial charge in [0.2, 0.25) is 0 Å². The van der Waals surface area contributed by atoms with Crippen LogP contribution in [0.1, 0.15) is 37.4 Å². The maximum absolute atomic E-state index is 12.9. The Hall–Kier alpha value is -2.85. The first-order valence-corrected chi connectivity index (χ1v) is 9.42. The number of rotatable bonds is 4. The summed E-state index contributed by atoms with van der Waals surface area (Å²) >= 11 is 0. The molecule has 0 saturated heterocycles. The number of hydrogen-bond donors (Lipinski definition) is 1. The topological polar surface area (TPSA) is 55.6 Å². The van der Waals surface area contributed by atoms with Gasteiger partial charge in [-0.25, -0.2) is 0 Å². The molecule has 4 heteroatoms. The minimum absolute atomic E-state index is 0.0299. The van der Waals surface area contributed by atoms with Crippen molar-refractivity contribution in [3.8, 4) is 5.75 Å². The van der Waals surface area contributed by atoms with E-state index in [0.29, 0.717) is 6.54 Å². The second-order valence-electron chi connectivity index (χ2n) is 7.06. The van der Waals surface area contributed by atoms with Gasteiger partial charge in [0.1, 0.15) is 5.75 Å². The standard InChI is InChI=1S/C23H24N2O2/c1-3-20(24)17-11-12-22-21(13-17)25(23(26)15(2)27-22)14-18-9-6-8-16-7-4-5-10-19(16)18/h4-13,15,20H,3,14,24H2,1-2H3. The van der Waals surface area contributed by atoms with Crippen LogP contribution >= 0.6 is 0 Å². The molecule has 0 fully saturated rings. The van der Waals surface area contributed by atoms with Crippen molar-refractivity contribution in [3.63, 3.8) is 0 Å². The third-order valence-electron chi connectivity index (χ3n) is 5.27. The molecule has 1 aliphatic heterocycles. The number of nitrogens with two attached hydrogens (primary N) is 1. The van der Waals surface area contributed by atoms with Crippen molar-refractivity contribution in [2.75, 3.05) is 4.90 Å². The van der Waals surface area contributed by atoms with Crippen molar-refractivity contribution >= 4 is 22.4 Å². The fourth-order valence-corrected chi connectivity index (χ4v) is 3.65. The molecule has 0 bridgehead atoms. The highest BCUT2D eigenvalue weighted by Gasteiger charge is 2.32. The summed E-state index contributed by atoms with van der Waals surface area (Å²) in [5.41, 5.74) is 9.15. The number of carbonyl (C=O) groups is 1. The first-order chi connectivity index (χ1) is 13.1.